The number of hydrogen-bond acceptors (Lipinski definition) is 3. The fraction of sp³-hybridized carbons (Fsp3) is 0.455. The van der Waals surface area contributed by atoms with Crippen LogP contribution >= 0.6 is 15.9 Å². The highest BCUT2D eigenvalue weighted by Gasteiger charge is 2.18. The molecule has 3 nitrogen and oxygen atoms in total. The van der Waals surface area contributed by atoms with E-state index < -0.39 is 6.10 Å². The topological polar surface area (TPSA) is 55.5 Å². The highest BCUT2D eigenvalue weighted by Crippen LogP contribution is 2.33. The summed E-state index contributed by atoms with van der Waals surface area (Å²) in [5, 5.41) is 9.54. The third kappa shape index (κ3) is 2.33. The smallest absolute Gasteiger partial charge is 0.125 e. The van der Waals surface area contributed by atoms with E-state index in [2.05, 4.69) is 22.0 Å². The van der Waals surface area contributed by atoms with E-state index in [0.29, 0.717) is 6.42 Å². The number of hydrogen-bond donors (Lipinski definition) is 2. The fourth-order valence-corrected chi connectivity index (χ4v) is 2.39. The number of aliphatic hydroxyl groups is 1. The summed E-state index contributed by atoms with van der Waals surface area (Å²) in [5.74, 6) is 0.936. The van der Waals surface area contributed by atoms with Crippen LogP contribution in [0.15, 0.2) is 16.6 Å². The summed E-state index contributed by atoms with van der Waals surface area (Å²) < 4.78 is 6.59. The van der Waals surface area contributed by atoms with E-state index in [0.717, 1.165) is 28.8 Å². The summed E-state index contributed by atoms with van der Waals surface area (Å²) in [6, 6.07) is 4.06. The molecule has 2 rings (SSSR count). The highest BCUT2D eigenvalue weighted by atomic mass is 79.9. The largest absolute Gasteiger partial charge is 0.493 e. The molecular weight excluding hydrogens is 258 g/mol. The fourth-order valence-electron chi connectivity index (χ4n) is 1.83. The Morgan fingerprint density at radius 2 is 2.33 bits per heavy atom. The molecule has 4 heteroatoms. The molecule has 1 atom stereocenters. The first-order valence-electron chi connectivity index (χ1n) is 5.03. The van der Waals surface area contributed by atoms with Gasteiger partial charge in [-0.2, -0.15) is 0 Å². The molecule has 0 fully saturated rings. The van der Waals surface area contributed by atoms with Crippen LogP contribution in [-0.4, -0.2) is 24.4 Å². The van der Waals surface area contributed by atoms with Gasteiger partial charge in [0.25, 0.3) is 0 Å². The lowest BCUT2D eigenvalue weighted by Gasteiger charge is -2.12. The predicted molar refractivity (Wildman–Crippen MR) is 62.1 cm³/mol. The molecule has 0 spiro atoms. The molecule has 1 aromatic rings. The Hall–Kier alpha value is -0.580. The Morgan fingerprint density at radius 1 is 1.53 bits per heavy atom. The average Bonchev–Trinajstić information content (AvgIpc) is 2.65. The zero-order valence-corrected chi connectivity index (χ0v) is 9.96. The van der Waals surface area contributed by atoms with Gasteiger partial charge in [0.1, 0.15) is 5.75 Å². The van der Waals surface area contributed by atoms with E-state index in [1.165, 1.54) is 5.56 Å². The minimum atomic E-state index is -0.493. The summed E-state index contributed by atoms with van der Waals surface area (Å²) in [6.07, 6.45) is 1.01. The molecule has 15 heavy (non-hydrogen) atoms. The second-order valence-corrected chi connectivity index (χ2v) is 4.66. The Labute approximate surface area is 97.4 Å². The van der Waals surface area contributed by atoms with E-state index in [9.17, 15) is 5.11 Å². The Kier molecular flexibility index (Phi) is 3.29. The standard InChI is InChI=1S/C11H14BrNO2/c12-9-3-7-1-2-15-11(7)8(4-9)5-10(14)6-13/h3-4,10,14H,1-2,5-6,13H2. The number of benzene rings is 1. The lowest BCUT2D eigenvalue weighted by Crippen LogP contribution is -2.22. The van der Waals surface area contributed by atoms with Crippen LogP contribution in [0.5, 0.6) is 5.75 Å². The van der Waals surface area contributed by atoms with Crippen LogP contribution in [-0.2, 0) is 12.8 Å². The predicted octanol–water partition coefficient (Wildman–Crippen LogP) is 1.25. The summed E-state index contributed by atoms with van der Waals surface area (Å²) >= 11 is 3.46. The van der Waals surface area contributed by atoms with Crippen molar-refractivity contribution in [1.82, 2.24) is 0 Å². The molecule has 0 amide bonds. The molecular formula is C11H14BrNO2. The molecule has 0 radical (unpaired) electrons. The minimum Gasteiger partial charge on any atom is -0.493 e. The van der Waals surface area contributed by atoms with Crippen LogP contribution < -0.4 is 10.5 Å². The van der Waals surface area contributed by atoms with Crippen molar-refractivity contribution in [3.05, 3.63) is 27.7 Å². The van der Waals surface area contributed by atoms with Gasteiger partial charge in [-0.25, -0.2) is 0 Å². The second kappa shape index (κ2) is 4.51. The summed E-state index contributed by atoms with van der Waals surface area (Å²) in [4.78, 5) is 0. The van der Waals surface area contributed by atoms with Crippen molar-refractivity contribution >= 4 is 15.9 Å². The van der Waals surface area contributed by atoms with Crippen LogP contribution in [0.1, 0.15) is 11.1 Å². The first-order chi connectivity index (χ1) is 7.20. The first-order valence-corrected chi connectivity index (χ1v) is 5.82. The van der Waals surface area contributed by atoms with Gasteiger partial charge in [-0.15, -0.1) is 0 Å². The second-order valence-electron chi connectivity index (χ2n) is 3.75. The van der Waals surface area contributed by atoms with Gasteiger partial charge in [-0.3, -0.25) is 0 Å². The normalized spacial score (nSPS) is 15.9. The van der Waals surface area contributed by atoms with E-state index in [1.54, 1.807) is 0 Å². The zero-order chi connectivity index (χ0) is 10.8. The van der Waals surface area contributed by atoms with Gasteiger partial charge < -0.3 is 15.6 Å². The van der Waals surface area contributed by atoms with Crippen LogP contribution in [0, 0.1) is 0 Å². The molecule has 0 saturated heterocycles. The monoisotopic (exact) mass is 271 g/mol. The number of halogens is 1. The number of ether oxygens (including phenoxy) is 1. The van der Waals surface area contributed by atoms with Crippen molar-refractivity contribution in [2.45, 2.75) is 18.9 Å². The van der Waals surface area contributed by atoms with E-state index in [-0.39, 0.29) is 6.54 Å². The van der Waals surface area contributed by atoms with E-state index >= 15 is 0 Å². The van der Waals surface area contributed by atoms with Crippen molar-refractivity contribution < 1.29 is 9.84 Å². The molecule has 0 aromatic heterocycles. The van der Waals surface area contributed by atoms with E-state index in [4.69, 9.17) is 10.5 Å². The molecule has 1 aliphatic heterocycles. The van der Waals surface area contributed by atoms with Gasteiger partial charge in [0, 0.05) is 23.9 Å². The quantitative estimate of drug-likeness (QED) is 0.870. The molecule has 3 N–H and O–H groups in total. The zero-order valence-electron chi connectivity index (χ0n) is 8.37. The lowest BCUT2D eigenvalue weighted by molar-refractivity contribution is 0.182. The number of rotatable bonds is 3. The average molecular weight is 272 g/mol. The number of aliphatic hydroxyl groups excluding tert-OH is 1. The van der Waals surface area contributed by atoms with Crippen molar-refractivity contribution in [3.63, 3.8) is 0 Å². The molecule has 1 unspecified atom stereocenters. The maximum Gasteiger partial charge on any atom is 0.125 e. The molecule has 1 aromatic carbocycles. The molecule has 0 saturated carbocycles. The maximum absolute atomic E-state index is 9.54. The molecule has 1 heterocycles. The van der Waals surface area contributed by atoms with Crippen molar-refractivity contribution in [2.24, 2.45) is 5.73 Å². The van der Waals surface area contributed by atoms with Crippen LogP contribution in [0.25, 0.3) is 0 Å². The Balaban J connectivity index is 2.30. The van der Waals surface area contributed by atoms with Gasteiger partial charge in [0.2, 0.25) is 0 Å². The SMILES string of the molecule is NCC(O)Cc1cc(Br)cc2c1OCC2. The van der Waals surface area contributed by atoms with Crippen LogP contribution in [0.2, 0.25) is 0 Å². The maximum atomic E-state index is 9.54. The lowest BCUT2D eigenvalue weighted by atomic mass is 10.0. The van der Waals surface area contributed by atoms with Crippen molar-refractivity contribution in [1.29, 1.82) is 0 Å². The van der Waals surface area contributed by atoms with Crippen molar-refractivity contribution in [3.8, 4) is 5.75 Å². The van der Waals surface area contributed by atoms with Gasteiger partial charge in [0.05, 0.1) is 12.7 Å². The summed E-state index contributed by atoms with van der Waals surface area (Å²) in [5.41, 5.74) is 7.65. The Bertz CT molecular complexity index is 368. The number of nitrogens with two attached hydrogens (primary N) is 1. The molecule has 0 bridgehead atoms. The molecule has 82 valence electrons. The summed E-state index contributed by atoms with van der Waals surface area (Å²) in [7, 11) is 0. The minimum absolute atomic E-state index is 0.279. The van der Waals surface area contributed by atoms with E-state index in [1.807, 2.05) is 6.07 Å². The van der Waals surface area contributed by atoms with Crippen LogP contribution in [0.4, 0.5) is 0 Å². The van der Waals surface area contributed by atoms with Gasteiger partial charge >= 0.3 is 0 Å². The van der Waals surface area contributed by atoms with Gasteiger partial charge in [-0.05, 0) is 23.3 Å². The number of fused-ring (bicyclic) bond motifs is 1. The van der Waals surface area contributed by atoms with Crippen LogP contribution in [0.3, 0.4) is 0 Å². The Morgan fingerprint density at radius 3 is 3.07 bits per heavy atom. The third-order valence-corrected chi connectivity index (χ3v) is 3.01. The first kappa shape index (κ1) is 10.9. The summed E-state index contributed by atoms with van der Waals surface area (Å²) in [6.45, 7) is 1.01. The van der Waals surface area contributed by atoms with Crippen molar-refractivity contribution in [2.75, 3.05) is 13.2 Å². The van der Waals surface area contributed by atoms with Gasteiger partial charge in [0.15, 0.2) is 0 Å². The highest BCUT2D eigenvalue weighted by molar-refractivity contribution is 9.10. The molecule has 0 aliphatic carbocycles. The molecule has 1 aliphatic rings. The third-order valence-electron chi connectivity index (χ3n) is 2.55. The van der Waals surface area contributed by atoms with Gasteiger partial charge in [-0.1, -0.05) is 15.9 Å².